The summed E-state index contributed by atoms with van der Waals surface area (Å²) in [5.74, 6) is 0.146. The molecule has 0 radical (unpaired) electrons. The second-order valence-corrected chi connectivity index (χ2v) is 5.01. The highest BCUT2D eigenvalue weighted by atomic mass is 16.2. The first-order valence-corrected chi connectivity index (χ1v) is 6.37. The summed E-state index contributed by atoms with van der Waals surface area (Å²) >= 11 is 0. The highest BCUT2D eigenvalue weighted by Crippen LogP contribution is 2.25. The van der Waals surface area contributed by atoms with Crippen LogP contribution in [0.5, 0.6) is 0 Å². The fourth-order valence-electron chi connectivity index (χ4n) is 2.68. The molecule has 0 saturated carbocycles. The van der Waals surface area contributed by atoms with Gasteiger partial charge in [-0.1, -0.05) is 6.92 Å². The van der Waals surface area contributed by atoms with Crippen LogP contribution in [0.15, 0.2) is 0 Å². The summed E-state index contributed by atoms with van der Waals surface area (Å²) in [4.78, 5) is 27.5. The molecule has 2 aliphatic heterocycles. The van der Waals surface area contributed by atoms with Crippen molar-refractivity contribution in [3.05, 3.63) is 0 Å². The Bertz CT molecular complexity index is 324. The number of hydrogen-bond acceptors (Lipinski definition) is 3. The maximum atomic E-state index is 12.5. The van der Waals surface area contributed by atoms with E-state index in [1.165, 1.54) is 0 Å². The maximum absolute atomic E-state index is 12.5. The van der Waals surface area contributed by atoms with E-state index < -0.39 is 5.54 Å². The summed E-state index contributed by atoms with van der Waals surface area (Å²) in [6.07, 6.45) is 2.73. The monoisotopic (exact) mass is 239 g/mol. The fraction of sp³-hybridized carbons (Fsp3) is 0.833. The molecule has 5 nitrogen and oxygen atoms in total. The summed E-state index contributed by atoms with van der Waals surface area (Å²) in [6, 6.07) is 0. The lowest BCUT2D eigenvalue weighted by Crippen LogP contribution is -2.59. The van der Waals surface area contributed by atoms with Gasteiger partial charge in [0.05, 0.1) is 12.1 Å². The van der Waals surface area contributed by atoms with Gasteiger partial charge in [0.1, 0.15) is 0 Å². The average molecular weight is 239 g/mol. The van der Waals surface area contributed by atoms with Crippen molar-refractivity contribution in [2.75, 3.05) is 33.2 Å². The zero-order valence-electron chi connectivity index (χ0n) is 10.7. The molecular formula is C12H21N3O2. The van der Waals surface area contributed by atoms with E-state index in [2.05, 4.69) is 5.32 Å². The molecule has 1 N–H and O–H groups in total. The summed E-state index contributed by atoms with van der Waals surface area (Å²) in [5, 5.41) is 3.33. The number of rotatable bonds is 2. The number of nitrogens with zero attached hydrogens (tertiary/aromatic N) is 2. The third kappa shape index (κ3) is 2.16. The molecule has 0 aromatic rings. The molecule has 0 aromatic carbocycles. The summed E-state index contributed by atoms with van der Waals surface area (Å²) in [7, 11) is 1.79. The van der Waals surface area contributed by atoms with Gasteiger partial charge < -0.3 is 15.1 Å². The van der Waals surface area contributed by atoms with Gasteiger partial charge in [-0.3, -0.25) is 9.59 Å². The second kappa shape index (κ2) is 4.64. The standard InChI is InChI=1S/C12H21N3O2/c1-3-12(5-4-6-13-12)11(17)15-8-7-14(2)10(16)9-15/h13H,3-9H2,1-2H3. The highest BCUT2D eigenvalue weighted by Gasteiger charge is 2.43. The highest BCUT2D eigenvalue weighted by molar-refractivity contribution is 5.91. The SMILES string of the molecule is CCC1(C(=O)N2CCN(C)C(=O)C2)CCCN1. The van der Waals surface area contributed by atoms with E-state index >= 15 is 0 Å². The first kappa shape index (κ1) is 12.4. The van der Waals surface area contributed by atoms with E-state index in [-0.39, 0.29) is 18.4 Å². The predicted octanol–water partition coefficient (Wildman–Crippen LogP) is -0.181. The van der Waals surface area contributed by atoms with E-state index in [0.29, 0.717) is 13.1 Å². The molecular weight excluding hydrogens is 218 g/mol. The molecule has 0 bridgehead atoms. The van der Waals surface area contributed by atoms with Crippen LogP contribution in [0.2, 0.25) is 0 Å². The lowest BCUT2D eigenvalue weighted by atomic mass is 9.92. The fourth-order valence-corrected chi connectivity index (χ4v) is 2.68. The first-order chi connectivity index (χ1) is 8.09. The smallest absolute Gasteiger partial charge is 0.243 e. The first-order valence-electron chi connectivity index (χ1n) is 6.37. The van der Waals surface area contributed by atoms with Crippen LogP contribution in [0.4, 0.5) is 0 Å². The zero-order valence-corrected chi connectivity index (χ0v) is 10.7. The van der Waals surface area contributed by atoms with Crippen molar-refractivity contribution in [1.29, 1.82) is 0 Å². The number of piperazine rings is 1. The van der Waals surface area contributed by atoms with E-state index in [1.54, 1.807) is 16.8 Å². The minimum absolute atomic E-state index is 0.0360. The van der Waals surface area contributed by atoms with E-state index in [1.807, 2.05) is 6.92 Å². The largest absolute Gasteiger partial charge is 0.342 e. The van der Waals surface area contributed by atoms with Crippen LogP contribution in [0.25, 0.3) is 0 Å². The Labute approximate surface area is 102 Å². The lowest BCUT2D eigenvalue weighted by Gasteiger charge is -2.38. The van der Waals surface area contributed by atoms with Gasteiger partial charge in [0.15, 0.2) is 0 Å². The third-order valence-corrected chi connectivity index (χ3v) is 4.00. The topological polar surface area (TPSA) is 52.7 Å². The molecule has 1 atom stereocenters. The van der Waals surface area contributed by atoms with Crippen LogP contribution in [0, 0.1) is 0 Å². The van der Waals surface area contributed by atoms with E-state index in [4.69, 9.17) is 0 Å². The van der Waals surface area contributed by atoms with E-state index in [0.717, 1.165) is 25.8 Å². The Morgan fingerprint density at radius 2 is 2.24 bits per heavy atom. The van der Waals surface area contributed by atoms with Crippen LogP contribution in [-0.2, 0) is 9.59 Å². The summed E-state index contributed by atoms with van der Waals surface area (Å²) in [6.45, 7) is 4.48. The third-order valence-electron chi connectivity index (χ3n) is 4.00. The van der Waals surface area contributed by atoms with Gasteiger partial charge >= 0.3 is 0 Å². The maximum Gasteiger partial charge on any atom is 0.243 e. The molecule has 2 saturated heterocycles. The number of likely N-dealkylation sites (N-methyl/N-ethyl adjacent to an activating group) is 1. The second-order valence-electron chi connectivity index (χ2n) is 5.01. The molecule has 2 rings (SSSR count). The van der Waals surface area contributed by atoms with Crippen LogP contribution in [0.1, 0.15) is 26.2 Å². The van der Waals surface area contributed by atoms with Crippen LogP contribution < -0.4 is 5.32 Å². The Morgan fingerprint density at radius 3 is 2.76 bits per heavy atom. The molecule has 2 amide bonds. The lowest BCUT2D eigenvalue weighted by molar-refractivity contribution is -0.148. The zero-order chi connectivity index (χ0) is 12.5. The Balaban J connectivity index is 2.07. The van der Waals surface area contributed by atoms with Crippen molar-refractivity contribution in [2.24, 2.45) is 0 Å². The van der Waals surface area contributed by atoms with Crippen molar-refractivity contribution in [3.63, 3.8) is 0 Å². The van der Waals surface area contributed by atoms with Gasteiger partial charge in [0, 0.05) is 20.1 Å². The van der Waals surface area contributed by atoms with Gasteiger partial charge in [-0.15, -0.1) is 0 Å². The van der Waals surface area contributed by atoms with Gasteiger partial charge in [-0.05, 0) is 25.8 Å². The van der Waals surface area contributed by atoms with Crippen LogP contribution >= 0.6 is 0 Å². The van der Waals surface area contributed by atoms with Gasteiger partial charge in [-0.25, -0.2) is 0 Å². The number of amides is 2. The quantitative estimate of drug-likeness (QED) is 0.727. The minimum Gasteiger partial charge on any atom is -0.342 e. The molecule has 0 spiro atoms. The average Bonchev–Trinajstić information content (AvgIpc) is 2.81. The Hall–Kier alpha value is -1.10. The molecule has 96 valence electrons. The number of carbonyl (C=O) groups is 2. The van der Waals surface area contributed by atoms with Crippen molar-refractivity contribution in [2.45, 2.75) is 31.7 Å². The predicted molar refractivity (Wildman–Crippen MR) is 64.5 cm³/mol. The number of nitrogens with one attached hydrogen (secondary N) is 1. The number of hydrogen-bond donors (Lipinski definition) is 1. The molecule has 2 fully saturated rings. The molecule has 0 aromatic heterocycles. The van der Waals surface area contributed by atoms with Crippen LogP contribution in [-0.4, -0.2) is 60.4 Å². The Kier molecular flexibility index (Phi) is 3.38. The van der Waals surface area contributed by atoms with Gasteiger partial charge in [-0.2, -0.15) is 0 Å². The molecule has 2 heterocycles. The van der Waals surface area contributed by atoms with Gasteiger partial charge in [0.25, 0.3) is 0 Å². The van der Waals surface area contributed by atoms with Gasteiger partial charge in [0.2, 0.25) is 11.8 Å². The normalized spacial score (nSPS) is 29.9. The van der Waals surface area contributed by atoms with Crippen molar-refractivity contribution >= 4 is 11.8 Å². The molecule has 0 aliphatic carbocycles. The molecule has 17 heavy (non-hydrogen) atoms. The molecule has 5 heteroatoms. The van der Waals surface area contributed by atoms with Crippen molar-refractivity contribution < 1.29 is 9.59 Å². The number of carbonyl (C=O) groups excluding carboxylic acids is 2. The Morgan fingerprint density at radius 1 is 1.47 bits per heavy atom. The van der Waals surface area contributed by atoms with Crippen molar-refractivity contribution in [1.82, 2.24) is 15.1 Å². The summed E-state index contributed by atoms with van der Waals surface area (Å²) in [5.41, 5.74) is -0.407. The minimum atomic E-state index is -0.407. The van der Waals surface area contributed by atoms with Crippen molar-refractivity contribution in [3.8, 4) is 0 Å². The van der Waals surface area contributed by atoms with Crippen LogP contribution in [0.3, 0.4) is 0 Å². The van der Waals surface area contributed by atoms with E-state index in [9.17, 15) is 9.59 Å². The summed E-state index contributed by atoms with van der Waals surface area (Å²) < 4.78 is 0. The molecule has 2 aliphatic rings. The molecule has 1 unspecified atom stereocenters.